The summed E-state index contributed by atoms with van der Waals surface area (Å²) in [5.41, 5.74) is 2.04. The first-order chi connectivity index (χ1) is 13.8. The molecule has 3 N–H and O–H groups in total. The molecular formula is C19H20F3N5OS. The summed E-state index contributed by atoms with van der Waals surface area (Å²) >= 11 is 1.48. The largest absolute Gasteiger partial charge is 0.405 e. The first-order valence-electron chi connectivity index (χ1n) is 9.28. The molecule has 2 aromatic heterocycles. The third-order valence-electron chi connectivity index (χ3n) is 4.79. The van der Waals surface area contributed by atoms with Crippen molar-refractivity contribution in [3.8, 4) is 10.6 Å². The Hall–Kier alpha value is -2.46. The SMILES string of the molecule is Cc1nc(NCC(F)(F)F)nc(N[C@@H]2CC[C@@H](O)C2)c1-c1nc2ccccc2s1. The van der Waals surface area contributed by atoms with E-state index in [0.717, 1.165) is 16.6 Å². The van der Waals surface area contributed by atoms with Gasteiger partial charge in [-0.2, -0.15) is 18.2 Å². The lowest BCUT2D eigenvalue weighted by atomic mass is 10.2. The summed E-state index contributed by atoms with van der Waals surface area (Å²) in [5.74, 6) is 0.339. The molecule has 0 bridgehead atoms. The topological polar surface area (TPSA) is 83.0 Å². The van der Waals surface area contributed by atoms with E-state index in [4.69, 9.17) is 0 Å². The molecule has 0 unspecified atom stereocenters. The fourth-order valence-corrected chi connectivity index (χ4v) is 4.52. The van der Waals surface area contributed by atoms with Crippen LogP contribution in [0.15, 0.2) is 24.3 Å². The molecule has 6 nitrogen and oxygen atoms in total. The number of rotatable bonds is 5. The number of hydrogen-bond acceptors (Lipinski definition) is 7. The lowest BCUT2D eigenvalue weighted by molar-refractivity contribution is -0.115. The molecule has 29 heavy (non-hydrogen) atoms. The van der Waals surface area contributed by atoms with Crippen LogP contribution in [0.5, 0.6) is 0 Å². The fourth-order valence-electron chi connectivity index (χ4n) is 3.45. The number of aromatic nitrogens is 3. The maximum absolute atomic E-state index is 12.6. The molecule has 1 aromatic carbocycles. The number of thiazole rings is 1. The van der Waals surface area contributed by atoms with Crippen molar-refractivity contribution in [2.24, 2.45) is 0 Å². The fraction of sp³-hybridized carbons (Fsp3) is 0.421. The van der Waals surface area contributed by atoms with Crippen LogP contribution in [0.3, 0.4) is 0 Å². The van der Waals surface area contributed by atoms with Gasteiger partial charge in [-0.15, -0.1) is 11.3 Å². The Balaban J connectivity index is 1.73. The molecule has 1 aliphatic rings. The Kier molecular flexibility index (Phi) is 5.30. The van der Waals surface area contributed by atoms with Crippen LogP contribution < -0.4 is 10.6 Å². The summed E-state index contributed by atoms with van der Waals surface area (Å²) in [6.45, 7) is 0.519. The molecule has 0 radical (unpaired) electrons. The van der Waals surface area contributed by atoms with E-state index in [1.165, 1.54) is 11.3 Å². The highest BCUT2D eigenvalue weighted by atomic mass is 32.1. The molecule has 0 saturated heterocycles. The summed E-state index contributed by atoms with van der Waals surface area (Å²) in [7, 11) is 0. The summed E-state index contributed by atoms with van der Waals surface area (Å²) in [4.78, 5) is 13.2. The van der Waals surface area contributed by atoms with Gasteiger partial charge in [0.05, 0.1) is 27.6 Å². The minimum absolute atomic E-state index is 0.0112. The number of anilines is 2. The predicted molar refractivity (Wildman–Crippen MR) is 107 cm³/mol. The van der Waals surface area contributed by atoms with Crippen molar-refractivity contribution in [1.82, 2.24) is 15.0 Å². The summed E-state index contributed by atoms with van der Waals surface area (Å²) in [5, 5.41) is 16.1. The van der Waals surface area contributed by atoms with Gasteiger partial charge < -0.3 is 15.7 Å². The van der Waals surface area contributed by atoms with Gasteiger partial charge in [-0.1, -0.05) is 12.1 Å². The van der Waals surface area contributed by atoms with Gasteiger partial charge in [0, 0.05) is 6.04 Å². The molecule has 1 aliphatic carbocycles. The van der Waals surface area contributed by atoms with Gasteiger partial charge in [-0.3, -0.25) is 0 Å². The molecule has 1 saturated carbocycles. The predicted octanol–water partition coefficient (Wildman–Crippen LogP) is 4.36. The van der Waals surface area contributed by atoms with E-state index < -0.39 is 12.7 Å². The Bertz CT molecular complexity index is 990. The van der Waals surface area contributed by atoms with E-state index >= 15 is 0 Å². The highest BCUT2D eigenvalue weighted by molar-refractivity contribution is 7.21. The second-order valence-electron chi connectivity index (χ2n) is 7.12. The molecule has 1 fully saturated rings. The van der Waals surface area contributed by atoms with Gasteiger partial charge >= 0.3 is 6.18 Å². The zero-order valence-electron chi connectivity index (χ0n) is 15.6. The van der Waals surface area contributed by atoms with E-state index in [-0.39, 0.29) is 18.1 Å². The van der Waals surface area contributed by atoms with Crippen LogP contribution in [0.2, 0.25) is 0 Å². The third kappa shape index (κ3) is 4.59. The van der Waals surface area contributed by atoms with E-state index in [2.05, 4.69) is 25.6 Å². The van der Waals surface area contributed by atoms with Gasteiger partial charge in [-0.05, 0) is 38.3 Å². The number of fused-ring (bicyclic) bond motifs is 1. The number of aliphatic hydroxyl groups excluding tert-OH is 1. The van der Waals surface area contributed by atoms with Gasteiger partial charge in [0.1, 0.15) is 17.4 Å². The van der Waals surface area contributed by atoms with Gasteiger partial charge in [0.15, 0.2) is 0 Å². The average Bonchev–Trinajstić information content (AvgIpc) is 3.25. The van der Waals surface area contributed by atoms with Crippen molar-refractivity contribution in [2.75, 3.05) is 17.2 Å². The summed E-state index contributed by atoms with van der Waals surface area (Å²) in [6.07, 6.45) is -2.75. The summed E-state index contributed by atoms with van der Waals surface area (Å²) in [6, 6.07) is 7.69. The first-order valence-corrected chi connectivity index (χ1v) is 10.1. The Morgan fingerprint density at radius 1 is 1.17 bits per heavy atom. The van der Waals surface area contributed by atoms with Crippen LogP contribution in [0.4, 0.5) is 24.9 Å². The maximum atomic E-state index is 12.6. The standard InChI is InChI=1S/C19H20F3N5OS/c1-10-15(17-26-13-4-2-3-5-14(13)29-17)16(25-11-6-7-12(28)8-11)27-18(24-10)23-9-19(20,21)22/h2-5,11-12,28H,6-9H2,1H3,(H2,23,24,25,27)/t11-,12-/m1/s1. The Labute approximate surface area is 169 Å². The Morgan fingerprint density at radius 3 is 2.66 bits per heavy atom. The number of nitrogens with zero attached hydrogens (tertiary/aromatic N) is 3. The smallest absolute Gasteiger partial charge is 0.393 e. The lowest BCUT2D eigenvalue weighted by Crippen LogP contribution is -2.24. The number of alkyl halides is 3. The Morgan fingerprint density at radius 2 is 1.97 bits per heavy atom. The quantitative estimate of drug-likeness (QED) is 0.566. The molecule has 4 rings (SSSR count). The van der Waals surface area contributed by atoms with Gasteiger partial charge in [0.2, 0.25) is 5.95 Å². The maximum Gasteiger partial charge on any atom is 0.405 e. The van der Waals surface area contributed by atoms with Gasteiger partial charge in [0.25, 0.3) is 0 Å². The van der Waals surface area contributed by atoms with Crippen molar-refractivity contribution < 1.29 is 18.3 Å². The number of halogens is 3. The normalized spacial score (nSPS) is 19.6. The number of hydrogen-bond donors (Lipinski definition) is 3. The van der Waals surface area contributed by atoms with Gasteiger partial charge in [-0.25, -0.2) is 9.97 Å². The van der Waals surface area contributed by atoms with Crippen LogP contribution >= 0.6 is 11.3 Å². The van der Waals surface area contributed by atoms with Crippen molar-refractivity contribution in [2.45, 2.75) is 44.5 Å². The van der Waals surface area contributed by atoms with Crippen LogP contribution in [0.25, 0.3) is 20.8 Å². The number of nitrogens with one attached hydrogen (secondary N) is 2. The number of para-hydroxylation sites is 1. The van der Waals surface area contributed by atoms with Crippen molar-refractivity contribution in [3.63, 3.8) is 0 Å². The van der Waals surface area contributed by atoms with Crippen LogP contribution in [-0.2, 0) is 0 Å². The molecule has 154 valence electrons. The molecule has 10 heteroatoms. The zero-order chi connectivity index (χ0) is 20.6. The van der Waals surface area contributed by atoms with Crippen molar-refractivity contribution >= 4 is 33.3 Å². The molecule has 3 aromatic rings. The van der Waals surface area contributed by atoms with Crippen LogP contribution in [-0.4, -0.2) is 44.9 Å². The summed E-state index contributed by atoms with van der Waals surface area (Å²) < 4.78 is 38.8. The lowest BCUT2D eigenvalue weighted by Gasteiger charge is -2.18. The second-order valence-corrected chi connectivity index (χ2v) is 8.15. The minimum Gasteiger partial charge on any atom is -0.393 e. The minimum atomic E-state index is -4.37. The van der Waals surface area contributed by atoms with E-state index in [0.29, 0.717) is 34.9 Å². The van der Waals surface area contributed by atoms with E-state index in [1.807, 2.05) is 24.3 Å². The van der Waals surface area contributed by atoms with Crippen LogP contribution in [0.1, 0.15) is 25.0 Å². The highest BCUT2D eigenvalue weighted by Gasteiger charge is 2.29. The number of aliphatic hydroxyl groups is 1. The molecule has 0 aliphatic heterocycles. The van der Waals surface area contributed by atoms with Crippen LogP contribution in [0, 0.1) is 6.92 Å². The molecule has 2 heterocycles. The number of benzene rings is 1. The van der Waals surface area contributed by atoms with E-state index in [1.54, 1.807) is 6.92 Å². The highest BCUT2D eigenvalue weighted by Crippen LogP contribution is 2.37. The zero-order valence-corrected chi connectivity index (χ0v) is 16.4. The first kappa shape index (κ1) is 19.8. The molecule has 0 amide bonds. The second kappa shape index (κ2) is 7.75. The van der Waals surface area contributed by atoms with E-state index in [9.17, 15) is 18.3 Å². The molecule has 2 atom stereocenters. The third-order valence-corrected chi connectivity index (χ3v) is 5.84. The average molecular weight is 423 g/mol. The monoisotopic (exact) mass is 423 g/mol. The molecular weight excluding hydrogens is 403 g/mol. The van der Waals surface area contributed by atoms with Crippen molar-refractivity contribution in [3.05, 3.63) is 30.0 Å². The van der Waals surface area contributed by atoms with Crippen molar-refractivity contribution in [1.29, 1.82) is 0 Å². The number of aryl methyl sites for hydroxylation is 1. The molecule has 0 spiro atoms.